The Balaban J connectivity index is 3.11. The van der Waals surface area contributed by atoms with Gasteiger partial charge >= 0.3 is 0 Å². The summed E-state index contributed by atoms with van der Waals surface area (Å²) in [7, 11) is 0. The summed E-state index contributed by atoms with van der Waals surface area (Å²) < 4.78 is 24.9. The van der Waals surface area contributed by atoms with Crippen LogP contribution in [0.3, 0.4) is 0 Å². The van der Waals surface area contributed by atoms with E-state index < -0.39 is 6.43 Å². The standard InChI is InChI=1S/C10H13F2N/c1-6(2)9-4-8(10(11)12)7(3)5-13-9/h4-6,10H,1-3H3. The lowest BCUT2D eigenvalue weighted by atomic mass is 10.1. The molecule has 0 saturated heterocycles. The highest BCUT2D eigenvalue weighted by Crippen LogP contribution is 2.24. The molecular formula is C10H13F2N. The zero-order chi connectivity index (χ0) is 10.0. The molecule has 13 heavy (non-hydrogen) atoms. The third-order valence-electron chi connectivity index (χ3n) is 1.99. The van der Waals surface area contributed by atoms with Crippen molar-refractivity contribution in [1.82, 2.24) is 4.98 Å². The number of hydrogen-bond donors (Lipinski definition) is 0. The predicted octanol–water partition coefficient (Wildman–Crippen LogP) is 3.45. The molecule has 1 rings (SSSR count). The van der Waals surface area contributed by atoms with E-state index in [9.17, 15) is 8.78 Å². The Hall–Kier alpha value is -0.990. The first kappa shape index (κ1) is 10.1. The normalized spacial score (nSPS) is 11.3. The summed E-state index contributed by atoms with van der Waals surface area (Å²) >= 11 is 0. The Bertz CT molecular complexity index is 295. The highest BCUT2D eigenvalue weighted by Gasteiger charge is 2.12. The Morgan fingerprint density at radius 1 is 1.31 bits per heavy atom. The quantitative estimate of drug-likeness (QED) is 0.687. The van der Waals surface area contributed by atoms with Crippen molar-refractivity contribution in [2.24, 2.45) is 0 Å². The van der Waals surface area contributed by atoms with Gasteiger partial charge in [0.05, 0.1) is 0 Å². The smallest absolute Gasteiger partial charge is 0.261 e. The van der Waals surface area contributed by atoms with Crippen molar-refractivity contribution < 1.29 is 8.78 Å². The fourth-order valence-corrected chi connectivity index (χ4v) is 1.11. The summed E-state index contributed by atoms with van der Waals surface area (Å²) in [6.07, 6.45) is -0.892. The van der Waals surface area contributed by atoms with Crippen LogP contribution in [0.2, 0.25) is 0 Å². The molecule has 0 aliphatic rings. The van der Waals surface area contributed by atoms with Gasteiger partial charge in [0.15, 0.2) is 0 Å². The van der Waals surface area contributed by atoms with Gasteiger partial charge in [-0.3, -0.25) is 4.98 Å². The van der Waals surface area contributed by atoms with Crippen molar-refractivity contribution in [3.63, 3.8) is 0 Å². The summed E-state index contributed by atoms with van der Waals surface area (Å²) in [4.78, 5) is 4.09. The lowest BCUT2D eigenvalue weighted by Crippen LogP contribution is -1.98. The van der Waals surface area contributed by atoms with Gasteiger partial charge in [-0.25, -0.2) is 8.78 Å². The molecule has 0 radical (unpaired) electrons. The van der Waals surface area contributed by atoms with Crippen LogP contribution in [0.15, 0.2) is 12.3 Å². The number of aryl methyl sites for hydroxylation is 1. The third-order valence-corrected chi connectivity index (χ3v) is 1.99. The van der Waals surface area contributed by atoms with Crippen LogP contribution in [-0.2, 0) is 0 Å². The molecule has 0 aliphatic carbocycles. The minimum absolute atomic E-state index is 0.0960. The van der Waals surface area contributed by atoms with Crippen LogP contribution in [0.4, 0.5) is 8.78 Å². The summed E-state index contributed by atoms with van der Waals surface area (Å²) in [5.41, 5.74) is 1.37. The van der Waals surface area contributed by atoms with E-state index in [2.05, 4.69) is 4.98 Å². The molecule has 0 amide bonds. The maximum absolute atomic E-state index is 12.4. The minimum atomic E-state index is -2.40. The first-order valence-electron chi connectivity index (χ1n) is 4.27. The van der Waals surface area contributed by atoms with E-state index in [1.54, 1.807) is 6.92 Å². The van der Waals surface area contributed by atoms with Crippen LogP contribution in [0.1, 0.15) is 43.0 Å². The SMILES string of the molecule is Cc1cnc(C(C)C)cc1C(F)F. The van der Waals surface area contributed by atoms with Gasteiger partial charge in [-0.1, -0.05) is 13.8 Å². The topological polar surface area (TPSA) is 12.9 Å². The number of nitrogens with zero attached hydrogens (tertiary/aromatic N) is 1. The molecule has 0 aromatic carbocycles. The first-order valence-corrected chi connectivity index (χ1v) is 4.27. The van der Waals surface area contributed by atoms with Gasteiger partial charge in [0, 0.05) is 17.5 Å². The van der Waals surface area contributed by atoms with Gasteiger partial charge in [0.1, 0.15) is 0 Å². The number of rotatable bonds is 2. The van der Waals surface area contributed by atoms with Crippen LogP contribution >= 0.6 is 0 Å². The average Bonchev–Trinajstić information content (AvgIpc) is 2.04. The molecule has 0 fully saturated rings. The molecule has 0 unspecified atom stereocenters. The van der Waals surface area contributed by atoms with E-state index in [0.717, 1.165) is 5.69 Å². The van der Waals surface area contributed by atoms with E-state index in [-0.39, 0.29) is 11.5 Å². The molecule has 1 nitrogen and oxygen atoms in total. The van der Waals surface area contributed by atoms with E-state index in [0.29, 0.717) is 5.56 Å². The van der Waals surface area contributed by atoms with Crippen molar-refractivity contribution in [3.8, 4) is 0 Å². The lowest BCUT2D eigenvalue weighted by molar-refractivity contribution is 0.150. The molecule has 1 heterocycles. The number of halogens is 2. The van der Waals surface area contributed by atoms with Crippen molar-refractivity contribution in [1.29, 1.82) is 0 Å². The monoisotopic (exact) mass is 185 g/mol. The van der Waals surface area contributed by atoms with Crippen molar-refractivity contribution in [3.05, 3.63) is 29.1 Å². The lowest BCUT2D eigenvalue weighted by Gasteiger charge is -2.09. The zero-order valence-electron chi connectivity index (χ0n) is 8.01. The number of pyridine rings is 1. The van der Waals surface area contributed by atoms with Gasteiger partial charge in [-0.2, -0.15) is 0 Å². The maximum Gasteiger partial charge on any atom is 0.264 e. The molecule has 0 atom stereocenters. The number of hydrogen-bond acceptors (Lipinski definition) is 1. The maximum atomic E-state index is 12.4. The second-order valence-electron chi connectivity index (χ2n) is 3.42. The summed E-state index contributed by atoms with van der Waals surface area (Å²) in [5.74, 6) is 0.193. The van der Waals surface area contributed by atoms with Gasteiger partial charge < -0.3 is 0 Å². The Labute approximate surface area is 76.8 Å². The summed E-state index contributed by atoms with van der Waals surface area (Å²) in [6.45, 7) is 5.53. The van der Waals surface area contributed by atoms with E-state index in [1.165, 1.54) is 12.3 Å². The van der Waals surface area contributed by atoms with Gasteiger partial charge in [0.25, 0.3) is 6.43 Å². The Morgan fingerprint density at radius 2 is 1.92 bits per heavy atom. The van der Waals surface area contributed by atoms with Crippen LogP contribution in [0, 0.1) is 6.92 Å². The second-order valence-corrected chi connectivity index (χ2v) is 3.42. The fourth-order valence-electron chi connectivity index (χ4n) is 1.11. The van der Waals surface area contributed by atoms with E-state index in [1.807, 2.05) is 13.8 Å². The molecule has 3 heteroatoms. The summed E-state index contributed by atoms with van der Waals surface area (Å²) in [6, 6.07) is 1.49. The first-order chi connectivity index (χ1) is 6.02. The Kier molecular flexibility index (Phi) is 2.96. The molecular weight excluding hydrogens is 172 g/mol. The zero-order valence-corrected chi connectivity index (χ0v) is 8.01. The van der Waals surface area contributed by atoms with Crippen LogP contribution in [0.25, 0.3) is 0 Å². The molecule has 0 saturated carbocycles. The Morgan fingerprint density at radius 3 is 2.38 bits per heavy atom. The van der Waals surface area contributed by atoms with Crippen molar-refractivity contribution >= 4 is 0 Å². The number of alkyl halides is 2. The van der Waals surface area contributed by atoms with Crippen molar-refractivity contribution in [2.75, 3.05) is 0 Å². The van der Waals surface area contributed by atoms with Gasteiger partial charge in [-0.15, -0.1) is 0 Å². The molecule has 0 N–H and O–H groups in total. The van der Waals surface area contributed by atoms with Gasteiger partial charge in [-0.05, 0) is 24.5 Å². The molecule has 0 spiro atoms. The molecule has 0 bridgehead atoms. The fraction of sp³-hybridized carbons (Fsp3) is 0.500. The van der Waals surface area contributed by atoms with Crippen LogP contribution in [-0.4, -0.2) is 4.98 Å². The molecule has 1 aromatic rings. The third kappa shape index (κ3) is 2.23. The predicted molar refractivity (Wildman–Crippen MR) is 48.0 cm³/mol. The highest BCUT2D eigenvalue weighted by atomic mass is 19.3. The van der Waals surface area contributed by atoms with Gasteiger partial charge in [0.2, 0.25) is 0 Å². The minimum Gasteiger partial charge on any atom is -0.261 e. The van der Waals surface area contributed by atoms with E-state index in [4.69, 9.17) is 0 Å². The largest absolute Gasteiger partial charge is 0.264 e. The molecule has 0 aliphatic heterocycles. The summed E-state index contributed by atoms with van der Waals surface area (Å²) in [5, 5.41) is 0. The second kappa shape index (κ2) is 3.81. The number of aromatic nitrogens is 1. The molecule has 72 valence electrons. The van der Waals surface area contributed by atoms with E-state index >= 15 is 0 Å². The van der Waals surface area contributed by atoms with Crippen LogP contribution in [0.5, 0.6) is 0 Å². The highest BCUT2D eigenvalue weighted by molar-refractivity contribution is 5.27. The average molecular weight is 185 g/mol. The van der Waals surface area contributed by atoms with Crippen molar-refractivity contribution in [2.45, 2.75) is 33.1 Å². The van der Waals surface area contributed by atoms with Crippen LogP contribution < -0.4 is 0 Å². The molecule has 1 aromatic heterocycles.